The van der Waals surface area contributed by atoms with Crippen molar-refractivity contribution in [2.75, 3.05) is 0 Å². The molecule has 0 heterocycles. The Labute approximate surface area is 76.7 Å². The van der Waals surface area contributed by atoms with Crippen LogP contribution in [0.5, 0.6) is 0 Å². The summed E-state index contributed by atoms with van der Waals surface area (Å²) in [5, 5.41) is 9.82. The first-order valence-corrected chi connectivity index (χ1v) is 4.18. The van der Waals surface area contributed by atoms with Gasteiger partial charge >= 0.3 is 0 Å². The minimum Gasteiger partial charge on any atom is -0.398 e. The number of benzene rings is 1. The van der Waals surface area contributed by atoms with Gasteiger partial charge in [-0.1, -0.05) is 30.3 Å². The molecule has 0 saturated heterocycles. The summed E-state index contributed by atoms with van der Waals surface area (Å²) < 4.78 is 0. The van der Waals surface area contributed by atoms with E-state index in [2.05, 4.69) is 0 Å². The maximum Gasteiger partial charge on any atom is 0.143 e. The molecule has 5 N–H and O–H groups in total. The zero-order chi connectivity index (χ0) is 9.47. The van der Waals surface area contributed by atoms with E-state index in [-0.39, 0.29) is 0 Å². The number of hydrogen-bond donors (Lipinski definition) is 3. The Bertz CT molecular complexity index is 369. The molecule has 0 bridgehead atoms. The number of aliphatic hydroxyl groups is 1. The van der Waals surface area contributed by atoms with E-state index in [1.807, 2.05) is 18.2 Å². The maximum atomic E-state index is 9.82. The Morgan fingerprint density at radius 1 is 1.31 bits per heavy atom. The monoisotopic (exact) mass is 176 g/mol. The molecular weight excluding hydrogens is 164 g/mol. The molecule has 0 saturated carbocycles. The first-order valence-electron chi connectivity index (χ1n) is 4.18. The normalized spacial score (nSPS) is 26.5. The first kappa shape index (κ1) is 8.29. The van der Waals surface area contributed by atoms with Crippen molar-refractivity contribution >= 4 is 5.70 Å². The van der Waals surface area contributed by atoms with E-state index in [1.54, 1.807) is 12.1 Å². The predicted molar refractivity (Wildman–Crippen MR) is 51.3 cm³/mol. The Kier molecular flexibility index (Phi) is 1.65. The van der Waals surface area contributed by atoms with Crippen LogP contribution in [0, 0.1) is 0 Å². The number of hydrogen-bond acceptors (Lipinski definition) is 3. The Morgan fingerprint density at radius 3 is 2.69 bits per heavy atom. The van der Waals surface area contributed by atoms with Crippen LogP contribution < -0.4 is 11.5 Å². The van der Waals surface area contributed by atoms with Gasteiger partial charge in [-0.2, -0.15) is 0 Å². The summed E-state index contributed by atoms with van der Waals surface area (Å²) in [7, 11) is 0. The van der Waals surface area contributed by atoms with E-state index in [0.717, 1.165) is 5.56 Å². The standard InChI is InChI=1S/C10H12N2O/c11-9-5-6-10(12,13)8-4-2-1-3-7(8)9/h1-5,13H,6,11-12H2. The van der Waals surface area contributed by atoms with Gasteiger partial charge < -0.3 is 10.8 Å². The van der Waals surface area contributed by atoms with E-state index in [4.69, 9.17) is 11.5 Å². The molecule has 0 aliphatic heterocycles. The molecule has 1 aliphatic rings. The summed E-state index contributed by atoms with van der Waals surface area (Å²) in [6, 6.07) is 7.38. The molecule has 1 aromatic carbocycles. The fraction of sp³-hybridized carbons (Fsp3) is 0.200. The van der Waals surface area contributed by atoms with E-state index in [0.29, 0.717) is 17.7 Å². The third-order valence-corrected chi connectivity index (χ3v) is 2.34. The Morgan fingerprint density at radius 2 is 2.00 bits per heavy atom. The second kappa shape index (κ2) is 2.58. The topological polar surface area (TPSA) is 72.3 Å². The van der Waals surface area contributed by atoms with Gasteiger partial charge in [0.05, 0.1) is 0 Å². The molecule has 1 aliphatic carbocycles. The lowest BCUT2D eigenvalue weighted by atomic mass is 9.88. The SMILES string of the molecule is NC1=CCC(N)(O)c2ccccc21. The quantitative estimate of drug-likeness (QED) is 0.504. The van der Waals surface area contributed by atoms with Crippen molar-refractivity contribution in [3.8, 4) is 0 Å². The van der Waals surface area contributed by atoms with Crippen molar-refractivity contribution in [3.05, 3.63) is 41.5 Å². The van der Waals surface area contributed by atoms with Gasteiger partial charge in [0.2, 0.25) is 0 Å². The summed E-state index contributed by atoms with van der Waals surface area (Å²) in [5.41, 5.74) is 12.4. The molecule has 0 radical (unpaired) electrons. The average Bonchev–Trinajstić information content (AvgIpc) is 2.13. The van der Waals surface area contributed by atoms with E-state index < -0.39 is 5.72 Å². The molecule has 1 unspecified atom stereocenters. The molecule has 0 amide bonds. The van der Waals surface area contributed by atoms with E-state index in [1.165, 1.54) is 0 Å². The summed E-state index contributed by atoms with van der Waals surface area (Å²) in [6.07, 6.45) is 2.12. The van der Waals surface area contributed by atoms with Crippen LogP contribution in [-0.4, -0.2) is 5.11 Å². The van der Waals surface area contributed by atoms with Crippen molar-refractivity contribution in [1.82, 2.24) is 0 Å². The van der Waals surface area contributed by atoms with Gasteiger partial charge in [-0.25, -0.2) is 0 Å². The number of rotatable bonds is 0. The Balaban J connectivity index is 2.64. The zero-order valence-corrected chi connectivity index (χ0v) is 7.20. The molecule has 0 aromatic heterocycles. The highest BCUT2D eigenvalue weighted by Gasteiger charge is 2.29. The second-order valence-corrected chi connectivity index (χ2v) is 3.33. The van der Waals surface area contributed by atoms with Crippen molar-refractivity contribution in [2.24, 2.45) is 11.5 Å². The van der Waals surface area contributed by atoms with Crippen molar-refractivity contribution in [1.29, 1.82) is 0 Å². The van der Waals surface area contributed by atoms with Gasteiger partial charge in [0, 0.05) is 23.2 Å². The van der Waals surface area contributed by atoms with Gasteiger partial charge in [0.25, 0.3) is 0 Å². The highest BCUT2D eigenvalue weighted by atomic mass is 16.3. The fourth-order valence-corrected chi connectivity index (χ4v) is 1.60. The summed E-state index contributed by atoms with van der Waals surface area (Å²) >= 11 is 0. The molecule has 3 nitrogen and oxygen atoms in total. The average molecular weight is 176 g/mol. The molecule has 1 atom stereocenters. The predicted octanol–water partition coefficient (Wildman–Crippen LogP) is 0.494. The third-order valence-electron chi connectivity index (χ3n) is 2.34. The lowest BCUT2D eigenvalue weighted by Crippen LogP contribution is -2.38. The lowest BCUT2D eigenvalue weighted by molar-refractivity contribution is 0.0451. The largest absolute Gasteiger partial charge is 0.398 e. The van der Waals surface area contributed by atoms with Gasteiger partial charge in [0.1, 0.15) is 5.72 Å². The van der Waals surface area contributed by atoms with Gasteiger partial charge in [-0.15, -0.1) is 0 Å². The van der Waals surface area contributed by atoms with Gasteiger partial charge in [-0.05, 0) is 0 Å². The summed E-state index contributed by atoms with van der Waals surface area (Å²) in [6.45, 7) is 0. The van der Waals surface area contributed by atoms with Gasteiger partial charge in [-0.3, -0.25) is 5.73 Å². The van der Waals surface area contributed by atoms with Crippen LogP contribution >= 0.6 is 0 Å². The maximum absolute atomic E-state index is 9.82. The van der Waals surface area contributed by atoms with Gasteiger partial charge in [0.15, 0.2) is 0 Å². The summed E-state index contributed by atoms with van der Waals surface area (Å²) in [4.78, 5) is 0. The van der Waals surface area contributed by atoms with Crippen molar-refractivity contribution in [3.63, 3.8) is 0 Å². The smallest absolute Gasteiger partial charge is 0.143 e. The number of fused-ring (bicyclic) bond motifs is 1. The molecule has 1 aromatic rings. The highest BCUT2D eigenvalue weighted by Crippen LogP contribution is 2.31. The second-order valence-electron chi connectivity index (χ2n) is 3.33. The van der Waals surface area contributed by atoms with Crippen LogP contribution in [0.15, 0.2) is 30.3 Å². The van der Waals surface area contributed by atoms with Crippen molar-refractivity contribution < 1.29 is 5.11 Å². The van der Waals surface area contributed by atoms with Crippen LogP contribution in [-0.2, 0) is 5.72 Å². The minimum absolute atomic E-state index is 0.371. The molecular formula is C10H12N2O. The Hall–Kier alpha value is -1.32. The van der Waals surface area contributed by atoms with Crippen LogP contribution in [0.1, 0.15) is 17.5 Å². The molecule has 0 spiro atoms. The van der Waals surface area contributed by atoms with E-state index >= 15 is 0 Å². The molecule has 2 rings (SSSR count). The van der Waals surface area contributed by atoms with Crippen LogP contribution in [0.3, 0.4) is 0 Å². The molecule has 3 heteroatoms. The lowest BCUT2D eigenvalue weighted by Gasteiger charge is -2.28. The molecule has 0 fully saturated rings. The van der Waals surface area contributed by atoms with E-state index in [9.17, 15) is 5.11 Å². The summed E-state index contributed by atoms with van der Waals surface area (Å²) in [5.74, 6) is 0. The van der Waals surface area contributed by atoms with Crippen LogP contribution in [0.2, 0.25) is 0 Å². The zero-order valence-electron chi connectivity index (χ0n) is 7.20. The molecule has 68 valence electrons. The minimum atomic E-state index is -1.26. The number of nitrogens with two attached hydrogens (primary N) is 2. The highest BCUT2D eigenvalue weighted by molar-refractivity contribution is 5.68. The van der Waals surface area contributed by atoms with Crippen LogP contribution in [0.25, 0.3) is 5.70 Å². The van der Waals surface area contributed by atoms with Crippen LogP contribution in [0.4, 0.5) is 0 Å². The fourth-order valence-electron chi connectivity index (χ4n) is 1.60. The third kappa shape index (κ3) is 1.22. The molecule has 13 heavy (non-hydrogen) atoms. The van der Waals surface area contributed by atoms with Crippen molar-refractivity contribution in [2.45, 2.75) is 12.1 Å². The first-order chi connectivity index (χ1) is 6.11.